The summed E-state index contributed by atoms with van der Waals surface area (Å²) in [4.78, 5) is 13.3. The second kappa shape index (κ2) is 5.07. The molecule has 0 aliphatic heterocycles. The fourth-order valence-corrected chi connectivity index (χ4v) is 2.83. The normalized spacial score (nSPS) is 10.8. The van der Waals surface area contributed by atoms with Crippen molar-refractivity contribution >= 4 is 27.1 Å². The summed E-state index contributed by atoms with van der Waals surface area (Å²) in [5, 5.41) is 18.7. The molecule has 0 fully saturated rings. The molecule has 0 saturated carbocycles. The molecular weight excluding hydrogens is 270 g/mol. The van der Waals surface area contributed by atoms with Crippen molar-refractivity contribution < 1.29 is 13.3 Å². The third-order valence-corrected chi connectivity index (χ3v) is 3.88. The average molecular weight is 276 g/mol. The summed E-state index contributed by atoms with van der Waals surface area (Å²) in [5.41, 5.74) is -1.15. The highest BCUT2D eigenvalue weighted by Crippen LogP contribution is 2.25. The molecule has 17 heavy (non-hydrogen) atoms. The van der Waals surface area contributed by atoms with Gasteiger partial charge in [-0.05, 0) is 6.07 Å². The van der Waals surface area contributed by atoms with Gasteiger partial charge in [-0.1, -0.05) is 0 Å². The maximum Gasteiger partial charge on any atom is 0.324 e. The number of nitrogens with zero attached hydrogens (tertiary/aromatic N) is 3. The maximum absolute atomic E-state index is 11.7. The van der Waals surface area contributed by atoms with Gasteiger partial charge in [0.05, 0.1) is 10.7 Å². The van der Waals surface area contributed by atoms with Gasteiger partial charge in [0.25, 0.3) is 0 Å². The highest BCUT2D eigenvalue weighted by molar-refractivity contribution is 7.91. The number of pyridine rings is 1. The number of hydrogen-bond donors (Lipinski definition) is 0. The van der Waals surface area contributed by atoms with Crippen LogP contribution in [0.3, 0.4) is 0 Å². The van der Waals surface area contributed by atoms with Crippen LogP contribution in [-0.4, -0.2) is 30.0 Å². The molecule has 90 valence electrons. The van der Waals surface area contributed by atoms with E-state index in [4.69, 9.17) is 16.9 Å². The Hall–Kier alpha value is -1.72. The first-order valence-electron chi connectivity index (χ1n) is 4.26. The molecule has 0 saturated heterocycles. The maximum atomic E-state index is 11.7. The Kier molecular flexibility index (Phi) is 3.98. The SMILES string of the molecule is N#Cc1ccnc(S(=O)(=O)CCCl)c1[N+](=O)[O-]. The van der Waals surface area contributed by atoms with E-state index in [9.17, 15) is 18.5 Å². The van der Waals surface area contributed by atoms with Crippen molar-refractivity contribution in [2.45, 2.75) is 5.03 Å². The molecule has 1 aromatic heterocycles. The smallest absolute Gasteiger partial charge is 0.258 e. The van der Waals surface area contributed by atoms with Crippen molar-refractivity contribution in [2.24, 2.45) is 0 Å². The molecule has 0 spiro atoms. The minimum Gasteiger partial charge on any atom is -0.258 e. The Morgan fingerprint density at radius 1 is 1.59 bits per heavy atom. The highest BCUT2D eigenvalue weighted by Gasteiger charge is 2.30. The molecule has 1 aromatic rings. The molecule has 0 bridgehead atoms. The third kappa shape index (κ3) is 2.69. The second-order valence-electron chi connectivity index (χ2n) is 2.89. The van der Waals surface area contributed by atoms with Crippen LogP contribution in [-0.2, 0) is 9.84 Å². The predicted molar refractivity (Wildman–Crippen MR) is 58.4 cm³/mol. The number of rotatable bonds is 4. The van der Waals surface area contributed by atoms with E-state index in [2.05, 4.69) is 4.98 Å². The van der Waals surface area contributed by atoms with Gasteiger partial charge in [0, 0.05) is 12.1 Å². The van der Waals surface area contributed by atoms with Crippen LogP contribution in [0, 0.1) is 21.4 Å². The standard InChI is InChI=1S/C8H6ClN3O4S/c9-2-4-17(15,16)8-7(12(13)14)6(5-10)1-3-11-8/h1,3H,2,4H2. The van der Waals surface area contributed by atoms with Gasteiger partial charge in [0.2, 0.25) is 14.9 Å². The van der Waals surface area contributed by atoms with Crippen molar-refractivity contribution in [3.05, 3.63) is 27.9 Å². The summed E-state index contributed by atoms with van der Waals surface area (Å²) in [6.45, 7) is 0. The minimum atomic E-state index is -3.95. The molecule has 0 amide bonds. The Morgan fingerprint density at radius 2 is 2.24 bits per heavy atom. The van der Waals surface area contributed by atoms with Crippen molar-refractivity contribution in [1.29, 1.82) is 5.26 Å². The first-order valence-corrected chi connectivity index (χ1v) is 6.45. The summed E-state index contributed by atoms with van der Waals surface area (Å²) >= 11 is 5.30. The first-order chi connectivity index (χ1) is 7.94. The first kappa shape index (κ1) is 13.3. The van der Waals surface area contributed by atoms with Gasteiger partial charge in [-0.3, -0.25) is 10.1 Å². The quantitative estimate of drug-likeness (QED) is 0.457. The molecule has 1 rings (SSSR count). The van der Waals surface area contributed by atoms with Crippen LogP contribution in [0.25, 0.3) is 0 Å². The van der Waals surface area contributed by atoms with Crippen molar-refractivity contribution in [2.75, 3.05) is 11.6 Å². The average Bonchev–Trinajstić information content (AvgIpc) is 2.27. The fraction of sp³-hybridized carbons (Fsp3) is 0.250. The van der Waals surface area contributed by atoms with Gasteiger partial charge in [-0.25, -0.2) is 13.4 Å². The summed E-state index contributed by atoms with van der Waals surface area (Å²) in [6, 6.07) is 2.63. The van der Waals surface area contributed by atoms with Crippen LogP contribution in [0.4, 0.5) is 5.69 Å². The molecule has 0 N–H and O–H groups in total. The number of nitro groups is 1. The van der Waals surface area contributed by atoms with Crippen molar-refractivity contribution in [3.63, 3.8) is 0 Å². The highest BCUT2D eigenvalue weighted by atomic mass is 35.5. The van der Waals surface area contributed by atoms with Gasteiger partial charge in [0.15, 0.2) is 0 Å². The summed E-state index contributed by atoms with van der Waals surface area (Å²) in [6.07, 6.45) is 1.03. The number of hydrogen-bond acceptors (Lipinski definition) is 6. The van der Waals surface area contributed by atoms with Gasteiger partial charge in [-0.2, -0.15) is 5.26 Å². The van der Waals surface area contributed by atoms with Gasteiger partial charge in [0.1, 0.15) is 11.6 Å². The molecule has 0 atom stereocenters. The van der Waals surface area contributed by atoms with E-state index in [0.717, 1.165) is 12.3 Å². The molecule has 0 aliphatic carbocycles. The topological polar surface area (TPSA) is 114 Å². The number of nitriles is 1. The van der Waals surface area contributed by atoms with Gasteiger partial charge in [-0.15, -0.1) is 11.6 Å². The van der Waals surface area contributed by atoms with Gasteiger partial charge < -0.3 is 0 Å². The minimum absolute atomic E-state index is 0.210. The summed E-state index contributed by atoms with van der Waals surface area (Å²) < 4.78 is 23.3. The molecule has 0 unspecified atom stereocenters. The lowest BCUT2D eigenvalue weighted by Crippen LogP contribution is -2.13. The van der Waals surface area contributed by atoms with Crippen LogP contribution < -0.4 is 0 Å². The van der Waals surface area contributed by atoms with E-state index in [1.165, 1.54) is 0 Å². The molecule has 0 radical (unpaired) electrons. The molecule has 1 heterocycles. The van der Waals surface area contributed by atoms with Crippen molar-refractivity contribution in [1.82, 2.24) is 4.98 Å². The molecule has 9 heteroatoms. The Bertz CT molecular complexity index is 593. The lowest BCUT2D eigenvalue weighted by atomic mass is 10.2. The Labute approximate surface area is 102 Å². The molecular formula is C8H6ClN3O4S. The van der Waals surface area contributed by atoms with Crippen LogP contribution in [0.2, 0.25) is 0 Å². The monoisotopic (exact) mass is 275 g/mol. The molecule has 0 aromatic carbocycles. The summed E-state index contributed by atoms with van der Waals surface area (Å²) in [7, 11) is -3.95. The molecule has 7 nitrogen and oxygen atoms in total. The lowest BCUT2D eigenvalue weighted by molar-refractivity contribution is -0.388. The van der Waals surface area contributed by atoms with E-state index in [-0.39, 0.29) is 11.4 Å². The Balaban J connectivity index is 3.56. The van der Waals surface area contributed by atoms with E-state index in [0.29, 0.717) is 0 Å². The zero-order valence-corrected chi connectivity index (χ0v) is 9.90. The van der Waals surface area contributed by atoms with Crippen molar-refractivity contribution in [3.8, 4) is 6.07 Å². The Morgan fingerprint density at radius 3 is 2.71 bits per heavy atom. The third-order valence-electron chi connectivity index (χ3n) is 1.83. The van der Waals surface area contributed by atoms with E-state index >= 15 is 0 Å². The number of sulfone groups is 1. The zero-order valence-electron chi connectivity index (χ0n) is 8.33. The van der Waals surface area contributed by atoms with E-state index in [1.54, 1.807) is 6.07 Å². The van der Waals surface area contributed by atoms with E-state index in [1.807, 2.05) is 0 Å². The van der Waals surface area contributed by atoms with Gasteiger partial charge >= 0.3 is 5.69 Å². The fourth-order valence-electron chi connectivity index (χ4n) is 1.13. The van der Waals surface area contributed by atoms with Crippen LogP contribution in [0.5, 0.6) is 0 Å². The van der Waals surface area contributed by atoms with Crippen LogP contribution in [0.1, 0.15) is 5.56 Å². The largest absolute Gasteiger partial charge is 0.324 e. The predicted octanol–water partition coefficient (Wildman–Crippen LogP) is 0.874. The van der Waals surface area contributed by atoms with E-state index < -0.39 is 31.2 Å². The zero-order chi connectivity index (χ0) is 13.1. The van der Waals surface area contributed by atoms with Crippen LogP contribution in [0.15, 0.2) is 17.3 Å². The number of aromatic nitrogens is 1. The second-order valence-corrected chi connectivity index (χ2v) is 5.29. The molecule has 0 aliphatic rings. The summed E-state index contributed by atoms with van der Waals surface area (Å²) in [5.74, 6) is -0.685. The lowest BCUT2D eigenvalue weighted by Gasteiger charge is -2.03. The number of alkyl halides is 1. The number of halogens is 1. The van der Waals surface area contributed by atoms with Crippen LogP contribution >= 0.6 is 11.6 Å².